The van der Waals surface area contributed by atoms with Gasteiger partial charge in [-0.05, 0) is 24.3 Å². The van der Waals surface area contributed by atoms with E-state index in [2.05, 4.69) is 9.97 Å². The van der Waals surface area contributed by atoms with E-state index in [1.807, 2.05) is 12.4 Å². The Labute approximate surface area is 84.8 Å². The molecule has 76 valence electrons. The summed E-state index contributed by atoms with van der Waals surface area (Å²) in [6.07, 6.45) is 10.6. The maximum Gasteiger partial charge on any atom is 0.141 e. The molecule has 3 heteroatoms. The third kappa shape index (κ3) is 2.10. The SMILES string of the molecule is NCc1ncc(C2CCCCC2)cn1. The molecule has 3 nitrogen and oxygen atoms in total. The average molecular weight is 191 g/mol. The topological polar surface area (TPSA) is 51.8 Å². The van der Waals surface area contributed by atoms with Gasteiger partial charge in [0.25, 0.3) is 0 Å². The summed E-state index contributed by atoms with van der Waals surface area (Å²) in [7, 11) is 0. The number of nitrogens with zero attached hydrogens (tertiary/aromatic N) is 2. The fourth-order valence-corrected chi connectivity index (χ4v) is 2.12. The minimum Gasteiger partial charge on any atom is -0.324 e. The van der Waals surface area contributed by atoms with Gasteiger partial charge in [-0.2, -0.15) is 0 Å². The molecule has 2 N–H and O–H groups in total. The zero-order valence-electron chi connectivity index (χ0n) is 8.45. The maximum absolute atomic E-state index is 5.45. The van der Waals surface area contributed by atoms with Crippen LogP contribution in [0.2, 0.25) is 0 Å². The molecular formula is C11H17N3. The molecule has 1 aromatic heterocycles. The number of hydrogen-bond donors (Lipinski definition) is 1. The van der Waals surface area contributed by atoms with Gasteiger partial charge in [0, 0.05) is 12.4 Å². The van der Waals surface area contributed by atoms with Crippen LogP contribution in [0, 0.1) is 0 Å². The summed E-state index contributed by atoms with van der Waals surface area (Å²) in [5.41, 5.74) is 6.75. The van der Waals surface area contributed by atoms with Crippen molar-refractivity contribution in [3.05, 3.63) is 23.8 Å². The van der Waals surface area contributed by atoms with Gasteiger partial charge in [0.05, 0.1) is 6.54 Å². The van der Waals surface area contributed by atoms with Crippen LogP contribution in [0.25, 0.3) is 0 Å². The van der Waals surface area contributed by atoms with Crippen molar-refractivity contribution in [1.82, 2.24) is 9.97 Å². The van der Waals surface area contributed by atoms with Crippen molar-refractivity contribution in [3.63, 3.8) is 0 Å². The van der Waals surface area contributed by atoms with Crippen LogP contribution in [0.1, 0.15) is 49.4 Å². The van der Waals surface area contributed by atoms with Crippen LogP contribution in [0.4, 0.5) is 0 Å². The van der Waals surface area contributed by atoms with Crippen molar-refractivity contribution in [3.8, 4) is 0 Å². The minimum absolute atomic E-state index is 0.435. The Morgan fingerprint density at radius 1 is 1.14 bits per heavy atom. The summed E-state index contributed by atoms with van der Waals surface area (Å²) in [5, 5.41) is 0. The standard InChI is InChI=1S/C11H17N3/c12-6-11-13-7-10(8-14-11)9-4-2-1-3-5-9/h7-9H,1-6,12H2. The predicted molar refractivity (Wildman–Crippen MR) is 55.7 cm³/mol. The molecule has 2 rings (SSSR count). The third-order valence-electron chi connectivity index (χ3n) is 2.98. The van der Waals surface area contributed by atoms with Crippen molar-refractivity contribution in [2.75, 3.05) is 0 Å². The first-order valence-electron chi connectivity index (χ1n) is 5.41. The Balaban J connectivity index is 2.07. The van der Waals surface area contributed by atoms with Crippen LogP contribution in [-0.4, -0.2) is 9.97 Å². The lowest BCUT2D eigenvalue weighted by atomic mass is 9.85. The quantitative estimate of drug-likeness (QED) is 0.777. The van der Waals surface area contributed by atoms with Gasteiger partial charge < -0.3 is 5.73 Å². The van der Waals surface area contributed by atoms with Crippen LogP contribution in [0.15, 0.2) is 12.4 Å². The minimum atomic E-state index is 0.435. The van der Waals surface area contributed by atoms with Crippen molar-refractivity contribution in [2.45, 2.75) is 44.6 Å². The first kappa shape index (κ1) is 9.59. The van der Waals surface area contributed by atoms with Gasteiger partial charge in [-0.15, -0.1) is 0 Å². The van der Waals surface area contributed by atoms with Crippen molar-refractivity contribution < 1.29 is 0 Å². The lowest BCUT2D eigenvalue weighted by Gasteiger charge is -2.21. The van der Waals surface area contributed by atoms with Gasteiger partial charge in [-0.3, -0.25) is 0 Å². The summed E-state index contributed by atoms with van der Waals surface area (Å²) in [5.74, 6) is 1.43. The molecule has 0 amide bonds. The molecule has 1 heterocycles. The van der Waals surface area contributed by atoms with Gasteiger partial charge >= 0.3 is 0 Å². The zero-order chi connectivity index (χ0) is 9.80. The van der Waals surface area contributed by atoms with E-state index in [1.165, 1.54) is 37.7 Å². The normalized spacial score (nSPS) is 18.4. The molecule has 0 radical (unpaired) electrons. The summed E-state index contributed by atoms with van der Waals surface area (Å²) in [6, 6.07) is 0. The van der Waals surface area contributed by atoms with E-state index in [0.29, 0.717) is 12.5 Å². The smallest absolute Gasteiger partial charge is 0.141 e. The van der Waals surface area contributed by atoms with Crippen LogP contribution in [0.5, 0.6) is 0 Å². The second kappa shape index (κ2) is 4.51. The van der Waals surface area contributed by atoms with E-state index in [1.54, 1.807) is 0 Å². The molecule has 1 aromatic rings. The van der Waals surface area contributed by atoms with Crippen molar-refractivity contribution in [2.24, 2.45) is 5.73 Å². The molecular weight excluding hydrogens is 174 g/mol. The molecule has 1 fully saturated rings. The van der Waals surface area contributed by atoms with E-state index in [0.717, 1.165) is 5.82 Å². The van der Waals surface area contributed by atoms with Gasteiger partial charge in [0.15, 0.2) is 0 Å². The number of aromatic nitrogens is 2. The molecule has 0 aromatic carbocycles. The van der Waals surface area contributed by atoms with Gasteiger partial charge in [0.2, 0.25) is 0 Å². The molecule has 0 bridgehead atoms. The molecule has 0 saturated heterocycles. The van der Waals surface area contributed by atoms with Crippen LogP contribution >= 0.6 is 0 Å². The van der Waals surface area contributed by atoms with E-state index >= 15 is 0 Å². The van der Waals surface area contributed by atoms with Crippen molar-refractivity contribution >= 4 is 0 Å². The maximum atomic E-state index is 5.45. The van der Waals surface area contributed by atoms with Crippen LogP contribution in [0.3, 0.4) is 0 Å². The Hall–Kier alpha value is -0.960. The molecule has 14 heavy (non-hydrogen) atoms. The second-order valence-electron chi connectivity index (χ2n) is 3.97. The average Bonchev–Trinajstić information content (AvgIpc) is 2.30. The molecule has 0 unspecified atom stereocenters. The highest BCUT2D eigenvalue weighted by atomic mass is 14.9. The molecule has 0 atom stereocenters. The van der Waals surface area contributed by atoms with Crippen LogP contribution < -0.4 is 5.73 Å². The Morgan fingerprint density at radius 3 is 2.36 bits per heavy atom. The molecule has 1 aliphatic rings. The number of hydrogen-bond acceptors (Lipinski definition) is 3. The van der Waals surface area contributed by atoms with Gasteiger partial charge in [-0.1, -0.05) is 19.3 Å². The van der Waals surface area contributed by atoms with E-state index in [-0.39, 0.29) is 0 Å². The highest BCUT2D eigenvalue weighted by Gasteiger charge is 2.15. The van der Waals surface area contributed by atoms with E-state index < -0.39 is 0 Å². The van der Waals surface area contributed by atoms with Crippen LogP contribution in [-0.2, 0) is 6.54 Å². The molecule has 0 spiro atoms. The zero-order valence-corrected chi connectivity index (χ0v) is 8.45. The summed E-state index contributed by atoms with van der Waals surface area (Å²) >= 11 is 0. The molecule has 1 aliphatic carbocycles. The second-order valence-corrected chi connectivity index (χ2v) is 3.97. The Kier molecular flexibility index (Phi) is 3.09. The number of rotatable bonds is 2. The lowest BCUT2D eigenvalue weighted by molar-refractivity contribution is 0.441. The summed E-state index contributed by atoms with van der Waals surface area (Å²) < 4.78 is 0. The van der Waals surface area contributed by atoms with E-state index in [9.17, 15) is 0 Å². The van der Waals surface area contributed by atoms with Crippen molar-refractivity contribution in [1.29, 1.82) is 0 Å². The monoisotopic (exact) mass is 191 g/mol. The Bertz CT molecular complexity index is 275. The molecule has 1 saturated carbocycles. The highest BCUT2D eigenvalue weighted by molar-refractivity contribution is 5.12. The summed E-state index contributed by atoms with van der Waals surface area (Å²) in [4.78, 5) is 8.47. The fourth-order valence-electron chi connectivity index (χ4n) is 2.12. The number of nitrogens with two attached hydrogens (primary N) is 1. The third-order valence-corrected chi connectivity index (χ3v) is 2.98. The fraction of sp³-hybridized carbons (Fsp3) is 0.636. The first-order valence-corrected chi connectivity index (χ1v) is 5.41. The van der Waals surface area contributed by atoms with Gasteiger partial charge in [0.1, 0.15) is 5.82 Å². The lowest BCUT2D eigenvalue weighted by Crippen LogP contribution is -2.08. The Morgan fingerprint density at radius 2 is 1.79 bits per heavy atom. The van der Waals surface area contributed by atoms with E-state index in [4.69, 9.17) is 5.73 Å². The highest BCUT2D eigenvalue weighted by Crippen LogP contribution is 2.31. The summed E-state index contributed by atoms with van der Waals surface area (Å²) in [6.45, 7) is 0.435. The molecule has 0 aliphatic heterocycles. The first-order chi connectivity index (χ1) is 6.90. The predicted octanol–water partition coefficient (Wildman–Crippen LogP) is 1.98. The van der Waals surface area contributed by atoms with Gasteiger partial charge in [-0.25, -0.2) is 9.97 Å². The largest absolute Gasteiger partial charge is 0.324 e.